The number of hydrogen-bond acceptors (Lipinski definition) is 0. The molecule has 0 radical (unpaired) electrons. The quantitative estimate of drug-likeness (QED) is 0.382. The van der Waals surface area contributed by atoms with E-state index in [1.165, 1.54) is 0 Å². The molecule has 0 aliphatic rings. The van der Waals surface area contributed by atoms with Crippen LogP contribution < -0.4 is 0 Å². The Balaban J connectivity index is 0. The first-order valence-corrected chi connectivity index (χ1v) is 1.91. The van der Waals surface area contributed by atoms with Gasteiger partial charge in [0.15, 0.2) is 0 Å². The average molecular weight is 144 g/mol. The number of hydrogen-bond donors (Lipinski definition) is 0. The predicted octanol–water partition coefficient (Wildman–Crippen LogP) is 1.60. The number of benzene rings is 1. The molecule has 0 aliphatic heterocycles. The van der Waals surface area contributed by atoms with E-state index in [2.05, 4.69) is 6.07 Å². The van der Waals surface area contributed by atoms with Gasteiger partial charge in [0.1, 0.15) is 0 Å². The van der Waals surface area contributed by atoms with E-state index in [0.29, 0.717) is 0 Å². The van der Waals surface area contributed by atoms with Gasteiger partial charge in [-0.15, -0.1) is 0 Å². The van der Waals surface area contributed by atoms with Crippen LogP contribution in [0.3, 0.4) is 0 Å². The molecule has 1 aromatic rings. The van der Waals surface area contributed by atoms with Crippen LogP contribution >= 0.6 is 0 Å². The van der Waals surface area contributed by atoms with Crippen LogP contribution in [-0.2, 0) is 19.5 Å². The molecule has 0 saturated carbocycles. The van der Waals surface area contributed by atoms with Gasteiger partial charge < -0.3 is 1.43 Å². The summed E-state index contributed by atoms with van der Waals surface area (Å²) in [5.74, 6) is 0. The monoisotopic (exact) mass is 142 g/mol. The van der Waals surface area contributed by atoms with Gasteiger partial charge in [0, 0.05) is 0 Å². The van der Waals surface area contributed by atoms with Gasteiger partial charge >= 0.3 is 19.5 Å². The molecule has 0 spiro atoms. The van der Waals surface area contributed by atoms with Crippen molar-refractivity contribution >= 4 is 0 Å². The van der Waals surface area contributed by atoms with E-state index in [0.717, 1.165) is 0 Å². The normalized spacial score (nSPS) is 6.86. The van der Waals surface area contributed by atoms with Crippen molar-refractivity contribution in [3.63, 3.8) is 0 Å². The van der Waals surface area contributed by atoms with Gasteiger partial charge in [-0.2, -0.15) is 36.4 Å². The van der Waals surface area contributed by atoms with Crippen molar-refractivity contribution in [3.05, 3.63) is 36.4 Å². The molecule has 32 valence electrons. The molecule has 0 nitrogen and oxygen atoms in total. The van der Waals surface area contributed by atoms with E-state index in [1.807, 2.05) is 30.3 Å². The molecule has 0 N–H and O–H groups in total. The summed E-state index contributed by atoms with van der Waals surface area (Å²) in [4.78, 5) is 0. The van der Waals surface area contributed by atoms with Crippen LogP contribution in [0, 0.1) is 6.07 Å². The molecule has 0 aromatic heterocycles. The Morgan fingerprint density at radius 3 is 1.71 bits per heavy atom. The van der Waals surface area contributed by atoms with Gasteiger partial charge in [-0.25, -0.2) is 0 Å². The minimum atomic E-state index is 0. The largest absolute Gasteiger partial charge is 2.00 e. The van der Waals surface area contributed by atoms with Gasteiger partial charge in [0.05, 0.1) is 0 Å². The van der Waals surface area contributed by atoms with Gasteiger partial charge in [-0.05, 0) is 0 Å². The zero-order valence-corrected chi connectivity index (χ0v) is 7.06. The van der Waals surface area contributed by atoms with Gasteiger partial charge in [-0.1, -0.05) is 0 Å². The second-order valence-corrected chi connectivity index (χ2v) is 1.08. The van der Waals surface area contributed by atoms with Gasteiger partial charge in [0.2, 0.25) is 0 Å². The van der Waals surface area contributed by atoms with Crippen LogP contribution in [0.2, 0.25) is 0 Å². The van der Waals surface area contributed by atoms with Crippen molar-refractivity contribution in [1.29, 1.82) is 0 Å². The zero-order chi connectivity index (χ0) is 4.24. The Kier molecular flexibility index (Phi) is 3.92. The second kappa shape index (κ2) is 4.01. The van der Waals surface area contributed by atoms with Crippen LogP contribution in [0.4, 0.5) is 0 Å². The van der Waals surface area contributed by atoms with Gasteiger partial charge in [-0.3, -0.25) is 0 Å². The Hall–Kier alpha value is -0.157. The Morgan fingerprint density at radius 1 is 1.00 bits per heavy atom. The molecule has 1 heteroatoms. The maximum absolute atomic E-state index is 2.89. The molecule has 0 unspecified atom stereocenters. The molecule has 7 heavy (non-hydrogen) atoms. The molecule has 0 saturated heterocycles. The van der Waals surface area contributed by atoms with E-state index in [9.17, 15) is 0 Å². The SMILES string of the molecule is [H-].[Zn+2].[c-]1ccccc1. The molecule has 0 bridgehead atoms. The Labute approximate surface area is 57.8 Å². The molecule has 1 rings (SSSR count). The molecule has 1 aromatic carbocycles. The maximum atomic E-state index is 2.89. The minimum absolute atomic E-state index is 0. The van der Waals surface area contributed by atoms with Crippen molar-refractivity contribution in [2.24, 2.45) is 0 Å². The van der Waals surface area contributed by atoms with Gasteiger partial charge in [0.25, 0.3) is 0 Å². The first-order valence-electron chi connectivity index (χ1n) is 1.91. The van der Waals surface area contributed by atoms with Crippen LogP contribution in [-0.4, -0.2) is 0 Å². The summed E-state index contributed by atoms with van der Waals surface area (Å²) in [6.07, 6.45) is 0. The first kappa shape index (κ1) is 6.84. The van der Waals surface area contributed by atoms with E-state index >= 15 is 0 Å². The maximum Gasteiger partial charge on any atom is 2.00 e. The van der Waals surface area contributed by atoms with Crippen LogP contribution in [0.1, 0.15) is 1.43 Å². The van der Waals surface area contributed by atoms with Crippen molar-refractivity contribution in [2.45, 2.75) is 0 Å². The summed E-state index contributed by atoms with van der Waals surface area (Å²) in [5, 5.41) is 0. The Morgan fingerprint density at radius 2 is 1.57 bits per heavy atom. The third-order valence-electron chi connectivity index (χ3n) is 0.607. The standard InChI is InChI=1S/C6H5.Zn.H/c1-2-4-6-5-3-1;;/h1-5H;;/q-1;+2;-1. The molecule has 0 heterocycles. The summed E-state index contributed by atoms with van der Waals surface area (Å²) in [6, 6.07) is 12.5. The fourth-order valence-electron chi connectivity index (χ4n) is 0.342. The number of rotatable bonds is 0. The average Bonchev–Trinajstić information content (AvgIpc) is 1.72. The van der Waals surface area contributed by atoms with E-state index < -0.39 is 0 Å². The van der Waals surface area contributed by atoms with Crippen LogP contribution in [0.5, 0.6) is 0 Å². The minimum Gasteiger partial charge on any atom is -1.00 e. The summed E-state index contributed by atoms with van der Waals surface area (Å²) < 4.78 is 0. The molecule has 0 aliphatic carbocycles. The summed E-state index contributed by atoms with van der Waals surface area (Å²) in [7, 11) is 0. The fraction of sp³-hybridized carbons (Fsp3) is 0. The second-order valence-electron chi connectivity index (χ2n) is 1.08. The van der Waals surface area contributed by atoms with Crippen molar-refractivity contribution in [3.8, 4) is 0 Å². The van der Waals surface area contributed by atoms with E-state index in [-0.39, 0.29) is 20.9 Å². The third-order valence-corrected chi connectivity index (χ3v) is 0.607. The Bertz CT molecular complexity index is 80.5. The van der Waals surface area contributed by atoms with E-state index in [1.54, 1.807) is 0 Å². The van der Waals surface area contributed by atoms with Crippen LogP contribution in [0.15, 0.2) is 30.3 Å². The smallest absolute Gasteiger partial charge is 1.00 e. The van der Waals surface area contributed by atoms with E-state index in [4.69, 9.17) is 0 Å². The zero-order valence-electron chi connectivity index (χ0n) is 5.09. The molecular formula is C6H6Zn. The molecule has 0 atom stereocenters. The molecular weight excluding hydrogens is 137 g/mol. The molecule has 0 amide bonds. The van der Waals surface area contributed by atoms with Crippen molar-refractivity contribution in [1.82, 2.24) is 0 Å². The first-order chi connectivity index (χ1) is 3.00. The third kappa shape index (κ3) is 2.53. The predicted molar refractivity (Wildman–Crippen MR) is 26.4 cm³/mol. The molecule has 0 fully saturated rings. The van der Waals surface area contributed by atoms with Crippen LogP contribution in [0.25, 0.3) is 0 Å². The van der Waals surface area contributed by atoms with Crippen molar-refractivity contribution < 1.29 is 20.9 Å². The summed E-state index contributed by atoms with van der Waals surface area (Å²) >= 11 is 0. The summed E-state index contributed by atoms with van der Waals surface area (Å²) in [6.45, 7) is 0. The topological polar surface area (TPSA) is 0 Å². The fourth-order valence-corrected chi connectivity index (χ4v) is 0.342. The van der Waals surface area contributed by atoms with Crippen molar-refractivity contribution in [2.75, 3.05) is 0 Å². The summed E-state index contributed by atoms with van der Waals surface area (Å²) in [5.41, 5.74) is 0.